The fraction of sp³-hybridized carbons (Fsp3) is 0.556. The van der Waals surface area contributed by atoms with Gasteiger partial charge in [0.05, 0.1) is 11.8 Å². The lowest BCUT2D eigenvalue weighted by atomic mass is 10.2. The van der Waals surface area contributed by atoms with Crippen LogP contribution in [0.15, 0.2) is 34.9 Å². The van der Waals surface area contributed by atoms with Crippen molar-refractivity contribution in [2.45, 2.75) is 38.5 Å². The smallest absolute Gasteiger partial charge is 0.243 e. The van der Waals surface area contributed by atoms with Crippen molar-refractivity contribution in [1.82, 2.24) is 19.3 Å². The van der Waals surface area contributed by atoms with Crippen LogP contribution in [-0.4, -0.2) is 53.9 Å². The van der Waals surface area contributed by atoms with Gasteiger partial charge in [0.25, 0.3) is 0 Å². The average Bonchev–Trinajstić information content (AvgIpc) is 3.12. The summed E-state index contributed by atoms with van der Waals surface area (Å²) in [6.45, 7) is 8.32. The highest BCUT2D eigenvalue weighted by molar-refractivity contribution is 7.88. The summed E-state index contributed by atoms with van der Waals surface area (Å²) >= 11 is 0. The molecule has 0 bridgehead atoms. The zero-order chi connectivity index (χ0) is 18.7. The van der Waals surface area contributed by atoms with Gasteiger partial charge in [0.2, 0.25) is 15.9 Å². The van der Waals surface area contributed by atoms with Crippen LogP contribution in [0, 0.1) is 0 Å². The summed E-state index contributed by atoms with van der Waals surface area (Å²) in [4.78, 5) is 6.64. The Morgan fingerprint density at radius 2 is 1.73 bits per heavy atom. The summed E-state index contributed by atoms with van der Waals surface area (Å²) < 4.78 is 32.3. The number of rotatable bonds is 6. The molecular formula is C18H26N4O3S. The maximum atomic E-state index is 12.6. The van der Waals surface area contributed by atoms with Crippen LogP contribution in [-0.2, 0) is 15.8 Å². The molecule has 1 fully saturated rings. The molecule has 1 saturated heterocycles. The number of hydrogen-bond donors (Lipinski definition) is 0. The van der Waals surface area contributed by atoms with E-state index in [-0.39, 0.29) is 17.7 Å². The summed E-state index contributed by atoms with van der Waals surface area (Å²) in [5, 5.41) is 4.01. The quantitative estimate of drug-likeness (QED) is 0.768. The standard InChI is InChI=1S/C18H26N4O3S/c1-14(2)17-19-18(25-20-17)15(3)21-9-11-22(12-10-21)26(23,24)13-16-7-5-4-6-8-16/h4-8,14-15H,9-13H2,1-3H3. The zero-order valence-corrected chi connectivity index (χ0v) is 16.3. The van der Waals surface area contributed by atoms with Crippen molar-refractivity contribution in [3.63, 3.8) is 0 Å². The highest BCUT2D eigenvalue weighted by Crippen LogP contribution is 2.23. The topological polar surface area (TPSA) is 79.5 Å². The largest absolute Gasteiger partial charge is 0.338 e. The van der Waals surface area contributed by atoms with Crippen LogP contribution in [0.3, 0.4) is 0 Å². The third-order valence-corrected chi connectivity index (χ3v) is 6.59. The molecule has 8 heteroatoms. The molecule has 7 nitrogen and oxygen atoms in total. The summed E-state index contributed by atoms with van der Waals surface area (Å²) in [7, 11) is -3.30. The third-order valence-electron chi connectivity index (χ3n) is 4.74. The second-order valence-electron chi connectivity index (χ2n) is 7.00. The molecule has 2 heterocycles. The fourth-order valence-electron chi connectivity index (χ4n) is 3.05. The van der Waals surface area contributed by atoms with Crippen LogP contribution in [0.4, 0.5) is 0 Å². The molecule has 1 aliphatic rings. The Morgan fingerprint density at radius 3 is 2.31 bits per heavy atom. The minimum atomic E-state index is -3.30. The van der Waals surface area contributed by atoms with Crippen molar-refractivity contribution in [3.8, 4) is 0 Å². The van der Waals surface area contributed by atoms with Gasteiger partial charge in [-0.1, -0.05) is 49.3 Å². The Hall–Kier alpha value is -1.77. The third kappa shape index (κ3) is 4.31. The van der Waals surface area contributed by atoms with E-state index in [9.17, 15) is 8.42 Å². The molecule has 0 N–H and O–H groups in total. The second-order valence-corrected chi connectivity index (χ2v) is 8.97. The van der Waals surface area contributed by atoms with Crippen molar-refractivity contribution in [1.29, 1.82) is 0 Å². The first-order chi connectivity index (χ1) is 12.4. The first-order valence-corrected chi connectivity index (χ1v) is 10.6. The van der Waals surface area contributed by atoms with E-state index in [0.717, 1.165) is 5.56 Å². The number of benzene rings is 1. The molecule has 0 radical (unpaired) electrons. The van der Waals surface area contributed by atoms with Gasteiger partial charge < -0.3 is 4.52 Å². The normalized spacial score (nSPS) is 18.3. The Balaban J connectivity index is 1.59. The summed E-state index contributed by atoms with van der Waals surface area (Å²) in [5.41, 5.74) is 0.815. The SMILES string of the molecule is CC(C)c1noc(C(C)N2CCN(S(=O)(=O)Cc3ccccc3)CC2)n1. The lowest BCUT2D eigenvalue weighted by Gasteiger charge is -2.36. The van der Waals surface area contributed by atoms with Gasteiger partial charge in [-0.3, -0.25) is 4.90 Å². The van der Waals surface area contributed by atoms with Crippen molar-refractivity contribution in [3.05, 3.63) is 47.6 Å². The highest BCUT2D eigenvalue weighted by Gasteiger charge is 2.31. The number of hydrogen-bond acceptors (Lipinski definition) is 6. The van der Waals surface area contributed by atoms with Crippen molar-refractivity contribution in [2.75, 3.05) is 26.2 Å². The van der Waals surface area contributed by atoms with E-state index in [1.807, 2.05) is 51.1 Å². The van der Waals surface area contributed by atoms with Crippen LogP contribution in [0.5, 0.6) is 0 Å². The molecule has 2 aromatic rings. The Kier molecular flexibility index (Phi) is 5.74. The first-order valence-electron chi connectivity index (χ1n) is 8.96. The van der Waals surface area contributed by atoms with Gasteiger partial charge in [-0.25, -0.2) is 8.42 Å². The Bertz CT molecular complexity index is 812. The molecule has 142 valence electrons. The molecular weight excluding hydrogens is 352 g/mol. The van der Waals surface area contributed by atoms with Crippen LogP contribution < -0.4 is 0 Å². The molecule has 0 amide bonds. The molecule has 0 saturated carbocycles. The van der Waals surface area contributed by atoms with E-state index in [1.54, 1.807) is 4.31 Å². The molecule has 1 atom stereocenters. The lowest BCUT2D eigenvalue weighted by molar-refractivity contribution is 0.124. The Morgan fingerprint density at radius 1 is 1.08 bits per heavy atom. The molecule has 26 heavy (non-hydrogen) atoms. The van der Waals surface area contributed by atoms with Gasteiger partial charge in [-0.05, 0) is 12.5 Å². The van der Waals surface area contributed by atoms with Crippen molar-refractivity contribution in [2.24, 2.45) is 0 Å². The summed E-state index contributed by atoms with van der Waals surface area (Å²) in [6.07, 6.45) is 0. The van der Waals surface area contributed by atoms with Gasteiger partial charge in [-0.2, -0.15) is 9.29 Å². The number of piperazine rings is 1. The second kappa shape index (κ2) is 7.85. The predicted octanol–water partition coefficient (Wildman–Crippen LogP) is 2.40. The van der Waals surface area contributed by atoms with E-state index in [4.69, 9.17) is 4.52 Å². The van der Waals surface area contributed by atoms with Gasteiger partial charge >= 0.3 is 0 Å². The van der Waals surface area contributed by atoms with E-state index in [1.165, 1.54) is 0 Å². The monoisotopic (exact) mass is 378 g/mol. The predicted molar refractivity (Wildman–Crippen MR) is 99.0 cm³/mol. The number of nitrogens with zero attached hydrogens (tertiary/aromatic N) is 4. The van der Waals surface area contributed by atoms with Gasteiger partial charge in [0.1, 0.15) is 0 Å². The molecule has 1 unspecified atom stereocenters. The molecule has 0 spiro atoms. The maximum absolute atomic E-state index is 12.6. The first kappa shape index (κ1) is 19.0. The van der Waals surface area contributed by atoms with E-state index >= 15 is 0 Å². The minimum absolute atomic E-state index is 0.0195. The minimum Gasteiger partial charge on any atom is -0.338 e. The Labute approximate surface area is 155 Å². The summed E-state index contributed by atoms with van der Waals surface area (Å²) in [6, 6.07) is 9.28. The van der Waals surface area contributed by atoms with Gasteiger partial charge in [0, 0.05) is 32.1 Å². The highest BCUT2D eigenvalue weighted by atomic mass is 32.2. The van der Waals surface area contributed by atoms with Crippen molar-refractivity contribution < 1.29 is 12.9 Å². The van der Waals surface area contributed by atoms with E-state index in [0.29, 0.717) is 37.9 Å². The summed E-state index contributed by atoms with van der Waals surface area (Å²) in [5.74, 6) is 1.56. The maximum Gasteiger partial charge on any atom is 0.243 e. The van der Waals surface area contributed by atoms with Crippen LogP contribution in [0.2, 0.25) is 0 Å². The van der Waals surface area contributed by atoms with E-state index in [2.05, 4.69) is 15.0 Å². The molecule has 1 aromatic carbocycles. The molecule has 3 rings (SSSR count). The van der Waals surface area contributed by atoms with Gasteiger partial charge in [-0.15, -0.1) is 0 Å². The van der Waals surface area contributed by atoms with Gasteiger partial charge in [0.15, 0.2) is 5.82 Å². The number of aromatic nitrogens is 2. The van der Waals surface area contributed by atoms with Crippen LogP contribution in [0.25, 0.3) is 0 Å². The molecule has 1 aromatic heterocycles. The lowest BCUT2D eigenvalue weighted by Crippen LogP contribution is -2.49. The molecule has 0 aliphatic carbocycles. The van der Waals surface area contributed by atoms with Crippen molar-refractivity contribution >= 4 is 10.0 Å². The average molecular weight is 378 g/mol. The van der Waals surface area contributed by atoms with Crippen LogP contribution in [0.1, 0.15) is 50.0 Å². The molecule has 1 aliphatic heterocycles. The van der Waals surface area contributed by atoms with E-state index < -0.39 is 10.0 Å². The zero-order valence-electron chi connectivity index (χ0n) is 15.5. The van der Waals surface area contributed by atoms with Crippen LogP contribution >= 0.6 is 0 Å². The fourth-order valence-corrected chi connectivity index (χ4v) is 4.57. The number of sulfonamides is 1.